The molecule has 19 heavy (non-hydrogen) atoms. The van der Waals surface area contributed by atoms with E-state index in [1.165, 1.54) is 11.1 Å². The first-order valence-corrected chi connectivity index (χ1v) is 7.05. The van der Waals surface area contributed by atoms with Gasteiger partial charge in [-0.1, -0.05) is 36.5 Å². The molecule has 1 fully saturated rings. The number of hydrogen-bond donors (Lipinski definition) is 1. The lowest BCUT2D eigenvalue weighted by atomic mass is 9.62. The van der Waals surface area contributed by atoms with Crippen molar-refractivity contribution < 1.29 is 9.53 Å². The number of rotatable bonds is 2. The van der Waals surface area contributed by atoms with E-state index in [1.807, 2.05) is 26.0 Å². The molecule has 2 bridgehead atoms. The summed E-state index contributed by atoms with van der Waals surface area (Å²) in [6.45, 7) is 4.24. The highest BCUT2D eigenvalue weighted by Gasteiger charge is 2.54. The van der Waals surface area contributed by atoms with Gasteiger partial charge in [-0.05, 0) is 31.4 Å². The average molecular weight is 275 g/mol. The zero-order valence-corrected chi connectivity index (χ0v) is 11.9. The van der Waals surface area contributed by atoms with Gasteiger partial charge < -0.3 is 10.1 Å². The molecule has 3 nitrogen and oxygen atoms in total. The van der Waals surface area contributed by atoms with Crippen molar-refractivity contribution in [2.75, 3.05) is 6.61 Å². The fraction of sp³-hybridized carbons (Fsp3) is 0.467. The fourth-order valence-corrected chi connectivity index (χ4v) is 3.63. The summed E-state index contributed by atoms with van der Waals surface area (Å²) in [6.07, 6.45) is 0.735. The van der Waals surface area contributed by atoms with Gasteiger partial charge in [-0.2, -0.15) is 0 Å². The number of carbonyl (C=O) groups is 1. The lowest BCUT2D eigenvalue weighted by molar-refractivity contribution is -0.158. The fourth-order valence-electron chi connectivity index (χ4n) is 3.30. The van der Waals surface area contributed by atoms with E-state index in [-0.39, 0.29) is 17.9 Å². The summed E-state index contributed by atoms with van der Waals surface area (Å²) in [4.78, 5) is 13.2. The molecule has 1 aromatic rings. The Morgan fingerprint density at radius 1 is 1.47 bits per heavy atom. The second kappa shape index (κ2) is 4.30. The van der Waals surface area contributed by atoms with Gasteiger partial charge in [-0.15, -0.1) is 0 Å². The average Bonchev–Trinajstić information content (AvgIpc) is 2.41. The van der Waals surface area contributed by atoms with Gasteiger partial charge in [0.2, 0.25) is 0 Å². The van der Waals surface area contributed by atoms with E-state index in [4.69, 9.17) is 17.0 Å². The monoisotopic (exact) mass is 275 g/mol. The summed E-state index contributed by atoms with van der Waals surface area (Å²) in [5.41, 5.74) is 1.91. The minimum Gasteiger partial charge on any atom is -0.466 e. The molecule has 0 spiro atoms. The van der Waals surface area contributed by atoms with Gasteiger partial charge in [-0.3, -0.25) is 4.79 Å². The minimum absolute atomic E-state index is 0.0692. The van der Waals surface area contributed by atoms with E-state index in [0.29, 0.717) is 6.61 Å². The van der Waals surface area contributed by atoms with Crippen molar-refractivity contribution in [1.29, 1.82) is 0 Å². The van der Waals surface area contributed by atoms with Crippen molar-refractivity contribution in [2.45, 2.75) is 32.2 Å². The van der Waals surface area contributed by atoms with Crippen LogP contribution >= 0.6 is 12.2 Å². The van der Waals surface area contributed by atoms with E-state index >= 15 is 0 Å². The van der Waals surface area contributed by atoms with Crippen LogP contribution in [0.1, 0.15) is 43.4 Å². The smallest absolute Gasteiger partial charge is 0.314 e. The number of thiocarbonyl (C=S) groups is 1. The Hall–Kier alpha value is -1.42. The normalized spacial score (nSPS) is 31.6. The van der Waals surface area contributed by atoms with Crippen molar-refractivity contribution >= 4 is 23.2 Å². The zero-order chi connectivity index (χ0) is 13.6. The molecule has 2 heterocycles. The highest BCUT2D eigenvalue weighted by Crippen LogP contribution is 2.53. The summed E-state index contributed by atoms with van der Waals surface area (Å²) in [5.74, 6) is 0.000101. The number of nitrogens with one attached hydrogen (secondary N) is 1. The number of piperidine rings is 1. The highest BCUT2D eigenvalue weighted by molar-refractivity contribution is 7.80. The van der Waals surface area contributed by atoms with Gasteiger partial charge in [0.15, 0.2) is 0 Å². The maximum atomic E-state index is 12.3. The van der Waals surface area contributed by atoms with Gasteiger partial charge in [0, 0.05) is 5.92 Å². The SMILES string of the molecule is CCOC(=O)[C@@]1(C)C[C@@H]2C(=S)NC1c1ccccc12. The van der Waals surface area contributed by atoms with Gasteiger partial charge in [0.1, 0.15) is 0 Å². The Bertz CT molecular complexity index is 557. The first kappa shape index (κ1) is 12.6. The Labute approximate surface area is 118 Å². The molecule has 3 aliphatic rings. The second-order valence-corrected chi connectivity index (χ2v) is 5.90. The van der Waals surface area contributed by atoms with Crippen LogP contribution in [-0.4, -0.2) is 17.6 Å². The van der Waals surface area contributed by atoms with Gasteiger partial charge in [-0.25, -0.2) is 0 Å². The number of benzene rings is 1. The lowest BCUT2D eigenvalue weighted by Gasteiger charge is -2.50. The molecule has 1 aliphatic carbocycles. The van der Waals surface area contributed by atoms with E-state index in [2.05, 4.69) is 17.4 Å². The number of esters is 1. The number of hydrogen-bond acceptors (Lipinski definition) is 3. The van der Waals surface area contributed by atoms with Crippen molar-refractivity contribution in [3.63, 3.8) is 0 Å². The Balaban J connectivity index is 2.07. The van der Waals surface area contributed by atoms with Crippen LogP contribution in [0.3, 0.4) is 0 Å². The molecule has 0 aromatic heterocycles. The summed E-state index contributed by atoms with van der Waals surface area (Å²) < 4.78 is 5.27. The van der Waals surface area contributed by atoms with Gasteiger partial charge in [0.05, 0.1) is 23.1 Å². The van der Waals surface area contributed by atoms with Crippen molar-refractivity contribution in [3.8, 4) is 0 Å². The maximum Gasteiger partial charge on any atom is 0.314 e. The topological polar surface area (TPSA) is 38.3 Å². The predicted molar refractivity (Wildman–Crippen MR) is 77.0 cm³/mol. The zero-order valence-electron chi connectivity index (χ0n) is 11.1. The molecule has 1 unspecified atom stereocenters. The van der Waals surface area contributed by atoms with Crippen LogP contribution in [0, 0.1) is 5.41 Å². The van der Waals surface area contributed by atoms with Crippen LogP contribution in [0.5, 0.6) is 0 Å². The third-order valence-electron chi connectivity index (χ3n) is 4.29. The molecule has 1 N–H and O–H groups in total. The van der Waals surface area contributed by atoms with E-state index < -0.39 is 5.41 Å². The predicted octanol–water partition coefficient (Wildman–Crippen LogP) is 2.72. The number of fused-ring (bicyclic) bond motifs is 2. The highest BCUT2D eigenvalue weighted by atomic mass is 32.1. The summed E-state index contributed by atoms with van der Waals surface area (Å²) in [7, 11) is 0. The molecule has 1 aromatic carbocycles. The van der Waals surface area contributed by atoms with Crippen LogP contribution < -0.4 is 5.32 Å². The molecule has 0 amide bonds. The maximum absolute atomic E-state index is 12.3. The van der Waals surface area contributed by atoms with Gasteiger partial charge in [0.25, 0.3) is 0 Å². The first-order chi connectivity index (χ1) is 9.08. The molecule has 0 saturated carbocycles. The lowest BCUT2D eigenvalue weighted by Crippen LogP contribution is -2.55. The standard InChI is InChI=1S/C15H17NO2S/c1-3-18-14(17)15(2)8-11-9-6-4-5-7-10(9)12(15)16-13(11)19/h4-7,11-12H,3,8H2,1-2H3,(H,16,19)/t11-,12?,15-/m0/s1. The first-order valence-electron chi connectivity index (χ1n) is 6.64. The second-order valence-electron chi connectivity index (χ2n) is 5.47. The Kier molecular flexibility index (Phi) is 2.86. The number of carbonyl (C=O) groups excluding carboxylic acids is 1. The summed E-state index contributed by atoms with van der Waals surface area (Å²) in [6, 6.07) is 8.17. The summed E-state index contributed by atoms with van der Waals surface area (Å²) in [5, 5.41) is 3.33. The van der Waals surface area contributed by atoms with Crippen LogP contribution in [0.25, 0.3) is 0 Å². The van der Waals surface area contributed by atoms with E-state index in [1.54, 1.807) is 0 Å². The molecule has 4 heteroatoms. The van der Waals surface area contributed by atoms with Crippen molar-refractivity contribution in [1.82, 2.24) is 5.32 Å². The van der Waals surface area contributed by atoms with Crippen LogP contribution in [0.2, 0.25) is 0 Å². The van der Waals surface area contributed by atoms with Gasteiger partial charge >= 0.3 is 5.97 Å². The Morgan fingerprint density at radius 3 is 2.84 bits per heavy atom. The van der Waals surface area contributed by atoms with Crippen LogP contribution in [0.15, 0.2) is 24.3 Å². The molecule has 4 rings (SSSR count). The van der Waals surface area contributed by atoms with E-state index in [0.717, 1.165) is 11.4 Å². The quantitative estimate of drug-likeness (QED) is 0.665. The van der Waals surface area contributed by atoms with Crippen LogP contribution in [-0.2, 0) is 9.53 Å². The number of ether oxygens (including phenoxy) is 1. The molecule has 1 saturated heterocycles. The van der Waals surface area contributed by atoms with Crippen molar-refractivity contribution in [2.24, 2.45) is 5.41 Å². The third-order valence-corrected chi connectivity index (χ3v) is 4.69. The van der Waals surface area contributed by atoms with E-state index in [9.17, 15) is 4.79 Å². The largest absolute Gasteiger partial charge is 0.466 e. The Morgan fingerprint density at radius 2 is 2.16 bits per heavy atom. The van der Waals surface area contributed by atoms with Crippen molar-refractivity contribution in [3.05, 3.63) is 35.4 Å². The molecule has 100 valence electrons. The molecular formula is C15H17NO2S. The molecule has 2 aliphatic heterocycles. The minimum atomic E-state index is -0.530. The third kappa shape index (κ3) is 1.70. The molecule has 0 radical (unpaired) electrons. The molecule has 3 atom stereocenters. The molecular weight excluding hydrogens is 258 g/mol. The summed E-state index contributed by atoms with van der Waals surface area (Å²) >= 11 is 5.42. The van der Waals surface area contributed by atoms with Crippen LogP contribution in [0.4, 0.5) is 0 Å².